The molecule has 1 aromatic carbocycles. The molecule has 23 heavy (non-hydrogen) atoms. The Labute approximate surface area is 131 Å². The molecule has 0 bridgehead atoms. The van der Waals surface area contributed by atoms with E-state index in [1.54, 1.807) is 0 Å². The first-order valence-electron chi connectivity index (χ1n) is 7.07. The first kappa shape index (κ1) is 17.0. The van der Waals surface area contributed by atoms with Gasteiger partial charge in [0.15, 0.2) is 11.5 Å². The Bertz CT molecular complexity index is 600. The zero-order valence-corrected chi connectivity index (χ0v) is 12.5. The Hall–Kier alpha value is -2.38. The van der Waals surface area contributed by atoms with E-state index in [1.807, 2.05) is 0 Å². The van der Waals surface area contributed by atoms with Crippen molar-refractivity contribution in [2.75, 3.05) is 7.11 Å². The molecule has 0 aromatic heterocycles. The second-order valence-corrected chi connectivity index (χ2v) is 5.29. The number of carbonyl (C=O) groups excluding carboxylic acids is 1. The highest BCUT2D eigenvalue weighted by Crippen LogP contribution is 2.32. The molecule has 8 heteroatoms. The van der Waals surface area contributed by atoms with Gasteiger partial charge in [0.05, 0.1) is 7.11 Å². The number of carboxylic acid groups (broad SMARTS) is 1. The molecule has 2 N–H and O–H groups in total. The smallest absolute Gasteiger partial charge is 0.387 e. The number of halogens is 2. The normalized spacial score (nSPS) is 16.2. The fraction of sp³-hybridized carbons (Fsp3) is 0.467. The summed E-state index contributed by atoms with van der Waals surface area (Å²) in [4.78, 5) is 23.7. The number of rotatable bonds is 6. The second kappa shape index (κ2) is 6.80. The summed E-state index contributed by atoms with van der Waals surface area (Å²) in [5.74, 6) is -1.91. The summed E-state index contributed by atoms with van der Waals surface area (Å²) in [5, 5.41) is 11.9. The average Bonchev–Trinajstić information content (AvgIpc) is 2.96. The molecular weight excluding hydrogens is 312 g/mol. The standard InChI is InChI=1S/C15H17F2NO5/c1-22-11-8-9(4-5-10(11)23-14(16)17)12(19)18-15(13(20)21)6-2-3-7-15/h4-5,8,14H,2-3,6-7H2,1H3,(H,18,19)(H,20,21). The minimum absolute atomic E-state index is 0.0336. The maximum Gasteiger partial charge on any atom is 0.387 e. The zero-order chi connectivity index (χ0) is 17.0. The molecule has 1 aliphatic rings. The van der Waals surface area contributed by atoms with Gasteiger partial charge >= 0.3 is 12.6 Å². The minimum Gasteiger partial charge on any atom is -0.493 e. The van der Waals surface area contributed by atoms with Crippen LogP contribution in [0.5, 0.6) is 11.5 Å². The maximum atomic E-state index is 12.3. The summed E-state index contributed by atoms with van der Waals surface area (Å²) >= 11 is 0. The van der Waals surface area contributed by atoms with E-state index in [0.29, 0.717) is 12.8 Å². The van der Waals surface area contributed by atoms with Crippen molar-refractivity contribution in [2.24, 2.45) is 0 Å². The topological polar surface area (TPSA) is 84.9 Å². The molecular formula is C15H17F2NO5. The van der Waals surface area contributed by atoms with Crippen LogP contribution in [0.2, 0.25) is 0 Å². The molecule has 1 amide bonds. The van der Waals surface area contributed by atoms with Crippen LogP contribution in [0.1, 0.15) is 36.0 Å². The lowest BCUT2D eigenvalue weighted by molar-refractivity contribution is -0.144. The summed E-state index contributed by atoms with van der Waals surface area (Å²) < 4.78 is 33.8. The van der Waals surface area contributed by atoms with Gasteiger partial charge in [0.2, 0.25) is 0 Å². The first-order valence-corrected chi connectivity index (χ1v) is 7.07. The zero-order valence-electron chi connectivity index (χ0n) is 12.5. The highest BCUT2D eigenvalue weighted by atomic mass is 19.3. The molecule has 0 atom stereocenters. The number of hydrogen-bond donors (Lipinski definition) is 2. The Balaban J connectivity index is 2.20. The molecule has 1 aromatic rings. The van der Waals surface area contributed by atoms with Crippen LogP contribution in [0.3, 0.4) is 0 Å². The molecule has 1 saturated carbocycles. The third kappa shape index (κ3) is 3.69. The number of benzene rings is 1. The minimum atomic E-state index is -3.02. The van der Waals surface area contributed by atoms with Gasteiger partial charge in [0.1, 0.15) is 5.54 Å². The van der Waals surface area contributed by atoms with Crippen molar-refractivity contribution < 1.29 is 33.0 Å². The number of carboxylic acids is 1. The molecule has 1 aliphatic carbocycles. The van der Waals surface area contributed by atoms with E-state index in [1.165, 1.54) is 25.3 Å². The van der Waals surface area contributed by atoms with Gasteiger partial charge in [-0.3, -0.25) is 4.79 Å². The van der Waals surface area contributed by atoms with Gasteiger partial charge in [-0.25, -0.2) is 4.79 Å². The van der Waals surface area contributed by atoms with Crippen LogP contribution >= 0.6 is 0 Å². The number of amides is 1. The quantitative estimate of drug-likeness (QED) is 0.837. The summed E-state index contributed by atoms with van der Waals surface area (Å²) in [7, 11) is 1.26. The molecule has 6 nitrogen and oxygen atoms in total. The van der Waals surface area contributed by atoms with Gasteiger partial charge in [0, 0.05) is 5.56 Å². The van der Waals surface area contributed by atoms with Crippen LogP contribution in [0, 0.1) is 0 Å². The van der Waals surface area contributed by atoms with E-state index in [4.69, 9.17) is 4.74 Å². The van der Waals surface area contributed by atoms with Crippen LogP contribution in [0.25, 0.3) is 0 Å². The number of methoxy groups -OCH3 is 1. The van der Waals surface area contributed by atoms with Crippen LogP contribution in [-0.4, -0.2) is 36.2 Å². The van der Waals surface area contributed by atoms with Gasteiger partial charge in [-0.15, -0.1) is 0 Å². The summed E-state index contributed by atoms with van der Waals surface area (Å²) in [6, 6.07) is 3.69. The Morgan fingerprint density at radius 1 is 1.26 bits per heavy atom. The van der Waals surface area contributed by atoms with Crippen LogP contribution in [0.15, 0.2) is 18.2 Å². The van der Waals surface area contributed by atoms with Crippen molar-refractivity contribution >= 4 is 11.9 Å². The van der Waals surface area contributed by atoms with Crippen molar-refractivity contribution in [1.82, 2.24) is 5.32 Å². The van der Waals surface area contributed by atoms with Gasteiger partial charge in [0.25, 0.3) is 5.91 Å². The Kier molecular flexibility index (Phi) is 5.02. The average molecular weight is 329 g/mol. The SMILES string of the molecule is COc1cc(C(=O)NC2(C(=O)O)CCCC2)ccc1OC(F)F. The van der Waals surface area contributed by atoms with Crippen LogP contribution in [-0.2, 0) is 4.79 Å². The van der Waals surface area contributed by atoms with Crippen molar-refractivity contribution in [1.29, 1.82) is 0 Å². The van der Waals surface area contributed by atoms with E-state index in [0.717, 1.165) is 12.8 Å². The number of ether oxygens (including phenoxy) is 2. The fourth-order valence-corrected chi connectivity index (χ4v) is 2.66. The number of nitrogens with one attached hydrogen (secondary N) is 1. The van der Waals surface area contributed by atoms with Gasteiger partial charge < -0.3 is 19.9 Å². The lowest BCUT2D eigenvalue weighted by Crippen LogP contribution is -2.52. The molecule has 0 heterocycles. The molecule has 2 rings (SSSR count). The third-order valence-electron chi connectivity index (χ3n) is 3.86. The summed E-state index contributed by atoms with van der Waals surface area (Å²) in [5.41, 5.74) is -1.17. The monoisotopic (exact) mass is 329 g/mol. The summed E-state index contributed by atoms with van der Waals surface area (Å²) in [6.07, 6.45) is 2.16. The maximum absolute atomic E-state index is 12.3. The first-order chi connectivity index (χ1) is 10.9. The van der Waals surface area contributed by atoms with E-state index in [9.17, 15) is 23.5 Å². The van der Waals surface area contributed by atoms with E-state index < -0.39 is 24.0 Å². The van der Waals surface area contributed by atoms with Crippen molar-refractivity contribution in [2.45, 2.75) is 37.8 Å². The predicted octanol–water partition coefficient (Wildman–Crippen LogP) is 2.42. The highest BCUT2D eigenvalue weighted by molar-refractivity contribution is 5.98. The van der Waals surface area contributed by atoms with Gasteiger partial charge in [-0.05, 0) is 31.0 Å². The molecule has 0 unspecified atom stereocenters. The molecule has 126 valence electrons. The molecule has 0 radical (unpaired) electrons. The van der Waals surface area contributed by atoms with E-state index in [-0.39, 0.29) is 17.1 Å². The number of hydrogen-bond acceptors (Lipinski definition) is 4. The molecule has 0 spiro atoms. The van der Waals surface area contributed by atoms with Crippen LogP contribution < -0.4 is 14.8 Å². The highest BCUT2D eigenvalue weighted by Gasteiger charge is 2.42. The summed E-state index contributed by atoms with van der Waals surface area (Å²) in [6.45, 7) is -3.02. The van der Waals surface area contributed by atoms with Gasteiger partial charge in [-0.2, -0.15) is 8.78 Å². The number of carbonyl (C=O) groups is 2. The predicted molar refractivity (Wildman–Crippen MR) is 75.9 cm³/mol. The van der Waals surface area contributed by atoms with E-state index in [2.05, 4.69) is 10.1 Å². The van der Waals surface area contributed by atoms with Crippen molar-refractivity contribution in [3.63, 3.8) is 0 Å². The van der Waals surface area contributed by atoms with Crippen molar-refractivity contribution in [3.8, 4) is 11.5 Å². The molecule has 0 saturated heterocycles. The van der Waals surface area contributed by atoms with Gasteiger partial charge in [-0.1, -0.05) is 12.8 Å². The third-order valence-corrected chi connectivity index (χ3v) is 3.86. The van der Waals surface area contributed by atoms with E-state index >= 15 is 0 Å². The van der Waals surface area contributed by atoms with Crippen LogP contribution in [0.4, 0.5) is 8.78 Å². The van der Waals surface area contributed by atoms with Crippen molar-refractivity contribution in [3.05, 3.63) is 23.8 Å². The molecule has 1 fully saturated rings. The number of alkyl halides is 2. The molecule has 0 aliphatic heterocycles. The lowest BCUT2D eigenvalue weighted by Gasteiger charge is -2.25. The Morgan fingerprint density at radius 3 is 2.43 bits per heavy atom. The lowest BCUT2D eigenvalue weighted by atomic mass is 9.97. The second-order valence-electron chi connectivity index (χ2n) is 5.29. The Morgan fingerprint density at radius 2 is 1.91 bits per heavy atom. The fourth-order valence-electron chi connectivity index (χ4n) is 2.66. The number of aliphatic carboxylic acids is 1. The largest absolute Gasteiger partial charge is 0.493 e.